The fourth-order valence-electron chi connectivity index (χ4n) is 9.93. The standard InChI is InChI=1S/C42H57N3O9/c1-8-26-12-10-9-11-23(2)38(47)34-19-30-29-17-28(54-42-41(51-7)40(50-6)39(49-5)24(3)52-42)18-33(29)36(20-31(30)32(34)21-37(46)53-26)45-22-35(43-44-45)25-13-15-27(48-4)16-14-25/h13-16,19-20,22-24,26,28-33,39-42H,8-12,17-18,21H2,1-7H3/t23-,24?,26+,28+,29+,30?,31-,32+,33?,39?,40?,41?,42?/m1/s1. The highest BCUT2D eigenvalue weighted by atomic mass is 16.7. The average Bonchev–Trinajstić information content (AvgIpc) is 3.92. The molecule has 12 heteroatoms. The summed E-state index contributed by atoms with van der Waals surface area (Å²) in [4.78, 5) is 27.9. The second-order valence-corrected chi connectivity index (χ2v) is 15.8. The third-order valence-corrected chi connectivity index (χ3v) is 12.8. The molecule has 2 saturated heterocycles. The van der Waals surface area contributed by atoms with Crippen LogP contribution in [0.3, 0.4) is 0 Å². The summed E-state index contributed by atoms with van der Waals surface area (Å²) in [6.07, 6.45) is 9.98. The van der Waals surface area contributed by atoms with Crippen molar-refractivity contribution in [1.82, 2.24) is 15.0 Å². The first kappa shape index (κ1) is 38.8. The summed E-state index contributed by atoms with van der Waals surface area (Å²) in [5.74, 6) is 0.414. The lowest BCUT2D eigenvalue weighted by Crippen LogP contribution is -2.59. The highest BCUT2D eigenvalue weighted by Gasteiger charge is 2.54. The Hall–Kier alpha value is -3.42. The number of fused-ring (bicyclic) bond motifs is 5. The Morgan fingerprint density at radius 1 is 0.870 bits per heavy atom. The van der Waals surface area contributed by atoms with Crippen LogP contribution in [0, 0.1) is 35.5 Å². The van der Waals surface area contributed by atoms with Crippen molar-refractivity contribution in [3.63, 3.8) is 0 Å². The van der Waals surface area contributed by atoms with Crippen molar-refractivity contribution >= 4 is 17.4 Å². The van der Waals surface area contributed by atoms with Crippen molar-refractivity contribution < 1.29 is 42.7 Å². The van der Waals surface area contributed by atoms with Crippen LogP contribution in [0.5, 0.6) is 5.75 Å². The lowest BCUT2D eigenvalue weighted by Gasteiger charge is -2.44. The van der Waals surface area contributed by atoms with E-state index in [1.165, 1.54) is 0 Å². The topological polar surface area (TPSA) is 129 Å². The van der Waals surface area contributed by atoms with E-state index in [9.17, 15) is 9.59 Å². The molecule has 5 aliphatic rings. The van der Waals surface area contributed by atoms with Crippen molar-refractivity contribution in [2.24, 2.45) is 35.5 Å². The Bertz CT molecular complexity index is 1690. The van der Waals surface area contributed by atoms with E-state index in [0.717, 1.165) is 66.8 Å². The first-order chi connectivity index (χ1) is 26.2. The molecule has 2 aliphatic heterocycles. The monoisotopic (exact) mass is 747 g/mol. The Balaban J connectivity index is 1.24. The molecule has 13 atom stereocenters. The average molecular weight is 748 g/mol. The second-order valence-electron chi connectivity index (χ2n) is 15.8. The van der Waals surface area contributed by atoms with Crippen LogP contribution < -0.4 is 4.74 Å². The van der Waals surface area contributed by atoms with Crippen molar-refractivity contribution in [2.75, 3.05) is 28.4 Å². The van der Waals surface area contributed by atoms with E-state index in [-0.39, 0.29) is 84.2 Å². The Kier molecular flexibility index (Phi) is 12.0. The third-order valence-electron chi connectivity index (χ3n) is 12.8. The number of esters is 1. The van der Waals surface area contributed by atoms with Crippen molar-refractivity contribution in [3.05, 3.63) is 48.2 Å². The minimum atomic E-state index is -0.664. The van der Waals surface area contributed by atoms with E-state index in [0.29, 0.717) is 6.42 Å². The number of hydrogen-bond donors (Lipinski definition) is 0. The lowest BCUT2D eigenvalue weighted by molar-refractivity contribution is -0.314. The molecule has 7 rings (SSSR count). The van der Waals surface area contributed by atoms with Gasteiger partial charge in [-0.05, 0) is 93.0 Å². The number of Topliss-reactive ketones (excluding diaryl/α,β-unsaturated/α-hetero) is 1. The van der Waals surface area contributed by atoms with Gasteiger partial charge in [0, 0.05) is 50.3 Å². The van der Waals surface area contributed by atoms with Crippen molar-refractivity contribution in [3.8, 4) is 17.0 Å². The number of methoxy groups -OCH3 is 4. The van der Waals surface area contributed by atoms with E-state index >= 15 is 0 Å². The molecule has 1 aromatic heterocycles. The first-order valence-electron chi connectivity index (χ1n) is 19.8. The Labute approximate surface area is 318 Å². The molecule has 294 valence electrons. The predicted molar refractivity (Wildman–Crippen MR) is 200 cm³/mol. The molecule has 1 aromatic carbocycles. The van der Waals surface area contributed by atoms with Gasteiger partial charge in [-0.15, -0.1) is 5.10 Å². The van der Waals surface area contributed by atoms with Gasteiger partial charge < -0.3 is 33.2 Å². The molecule has 0 bridgehead atoms. The third kappa shape index (κ3) is 7.56. The molecular weight excluding hydrogens is 690 g/mol. The van der Waals surface area contributed by atoms with Crippen LogP contribution in [0.2, 0.25) is 0 Å². The van der Waals surface area contributed by atoms with Crippen LogP contribution in [-0.4, -0.2) is 98.1 Å². The zero-order valence-electron chi connectivity index (χ0n) is 32.7. The maximum atomic E-state index is 14.2. The minimum Gasteiger partial charge on any atom is -0.497 e. The Morgan fingerprint density at radius 2 is 1.61 bits per heavy atom. The summed E-state index contributed by atoms with van der Waals surface area (Å²) in [5, 5.41) is 9.27. The predicted octanol–water partition coefficient (Wildman–Crippen LogP) is 6.29. The van der Waals surface area contributed by atoms with Crippen LogP contribution in [0.1, 0.15) is 72.1 Å². The molecule has 0 spiro atoms. The van der Waals surface area contributed by atoms with E-state index in [4.69, 9.17) is 33.2 Å². The van der Waals surface area contributed by atoms with Gasteiger partial charge in [0.1, 0.15) is 35.9 Å². The molecule has 3 heterocycles. The second kappa shape index (κ2) is 16.8. The van der Waals surface area contributed by atoms with Crippen LogP contribution in [0.4, 0.5) is 0 Å². The molecule has 3 fully saturated rings. The number of cyclic esters (lactones) is 1. The quantitative estimate of drug-likeness (QED) is 0.269. The van der Waals surface area contributed by atoms with Crippen molar-refractivity contribution in [1.29, 1.82) is 0 Å². The minimum absolute atomic E-state index is 0.0435. The van der Waals surface area contributed by atoms with Gasteiger partial charge in [0.2, 0.25) is 0 Å². The van der Waals surface area contributed by atoms with E-state index in [1.54, 1.807) is 28.4 Å². The molecule has 2 aromatic rings. The maximum absolute atomic E-state index is 14.2. The molecular formula is C42H57N3O9. The number of ketones is 1. The number of ether oxygens (including phenoxy) is 7. The molecule has 0 amide bonds. The lowest BCUT2D eigenvalue weighted by atomic mass is 9.69. The van der Waals surface area contributed by atoms with Gasteiger partial charge in [0.15, 0.2) is 12.1 Å². The van der Waals surface area contributed by atoms with Crippen LogP contribution in [-0.2, 0) is 38.0 Å². The van der Waals surface area contributed by atoms with Gasteiger partial charge >= 0.3 is 5.97 Å². The number of hydrogen-bond acceptors (Lipinski definition) is 11. The smallest absolute Gasteiger partial charge is 0.306 e. The fraction of sp³-hybridized carbons (Fsp3) is 0.667. The largest absolute Gasteiger partial charge is 0.497 e. The number of rotatable bonds is 9. The summed E-state index contributed by atoms with van der Waals surface area (Å²) in [6, 6.07) is 7.76. The fourth-order valence-corrected chi connectivity index (χ4v) is 9.93. The normalized spacial score (nSPS) is 37.2. The van der Waals surface area contributed by atoms with Gasteiger partial charge in [0.05, 0.1) is 31.9 Å². The molecule has 3 aliphatic carbocycles. The van der Waals surface area contributed by atoms with Crippen LogP contribution in [0.25, 0.3) is 17.0 Å². The molecule has 1 saturated carbocycles. The molecule has 0 N–H and O–H groups in total. The summed E-state index contributed by atoms with van der Waals surface area (Å²) >= 11 is 0. The number of benzene rings is 1. The SMILES string of the molecule is CC[C@H]1CCCC[C@@H](C)C(=O)C2=CC3[C@@H]4C[C@H](OC5OC(C)C(OC)C(OC)C5OC)CC4C(n4cc(-c5ccc(OC)cc5)nn4)=C[C@H]3[C@@H]2CC(=O)O1. The van der Waals surface area contributed by atoms with E-state index in [1.807, 2.05) is 49.0 Å². The number of nitrogens with zero attached hydrogens (tertiary/aromatic N) is 3. The van der Waals surface area contributed by atoms with Gasteiger partial charge in [-0.25, -0.2) is 4.68 Å². The Morgan fingerprint density at radius 3 is 2.31 bits per heavy atom. The number of allylic oxidation sites excluding steroid dienone is 4. The number of carbonyl (C=O) groups is 2. The zero-order chi connectivity index (χ0) is 38.1. The highest BCUT2D eigenvalue weighted by Crippen LogP contribution is 2.57. The summed E-state index contributed by atoms with van der Waals surface area (Å²) < 4.78 is 44.1. The van der Waals surface area contributed by atoms with Gasteiger partial charge in [0.25, 0.3) is 0 Å². The molecule has 12 nitrogen and oxygen atoms in total. The zero-order valence-corrected chi connectivity index (χ0v) is 32.7. The van der Waals surface area contributed by atoms with Crippen molar-refractivity contribution in [2.45, 2.75) is 115 Å². The van der Waals surface area contributed by atoms with Crippen LogP contribution in [0.15, 0.2) is 48.2 Å². The van der Waals surface area contributed by atoms with Crippen LogP contribution >= 0.6 is 0 Å². The molecule has 54 heavy (non-hydrogen) atoms. The van der Waals surface area contributed by atoms with Gasteiger partial charge in [-0.3, -0.25) is 9.59 Å². The number of aromatic nitrogens is 3. The highest BCUT2D eigenvalue weighted by molar-refractivity contribution is 5.98. The summed E-state index contributed by atoms with van der Waals surface area (Å²) in [6.45, 7) is 6.08. The van der Waals surface area contributed by atoms with E-state index < -0.39 is 12.4 Å². The number of carbonyl (C=O) groups excluding carboxylic acids is 2. The molecule has 7 unspecified atom stereocenters. The summed E-state index contributed by atoms with van der Waals surface area (Å²) in [5.41, 5.74) is 3.45. The molecule has 0 radical (unpaired) electrons. The summed E-state index contributed by atoms with van der Waals surface area (Å²) in [7, 11) is 6.59. The first-order valence-corrected chi connectivity index (χ1v) is 19.8. The van der Waals surface area contributed by atoms with Gasteiger partial charge in [-0.1, -0.05) is 37.6 Å². The van der Waals surface area contributed by atoms with Gasteiger partial charge in [-0.2, -0.15) is 0 Å². The maximum Gasteiger partial charge on any atom is 0.306 e. The van der Waals surface area contributed by atoms with E-state index in [2.05, 4.69) is 29.4 Å².